The van der Waals surface area contributed by atoms with Crippen molar-refractivity contribution in [2.75, 3.05) is 13.1 Å². The van der Waals surface area contributed by atoms with E-state index in [1.54, 1.807) is 0 Å². The third kappa shape index (κ3) is 4.34. The SMILES string of the molecule is CCCCC(C(=O)O)N1CCC(NC(C)=O)C1. The van der Waals surface area contributed by atoms with Crippen LogP contribution in [0.25, 0.3) is 0 Å². The number of amides is 1. The van der Waals surface area contributed by atoms with Crippen LogP contribution in [-0.4, -0.2) is 47.1 Å². The van der Waals surface area contributed by atoms with E-state index in [1.807, 2.05) is 4.90 Å². The fourth-order valence-electron chi connectivity index (χ4n) is 2.34. The van der Waals surface area contributed by atoms with Crippen LogP contribution in [0.15, 0.2) is 0 Å². The predicted molar refractivity (Wildman–Crippen MR) is 64.7 cm³/mol. The average molecular weight is 242 g/mol. The third-order valence-electron chi connectivity index (χ3n) is 3.18. The number of carboxylic acid groups (broad SMARTS) is 1. The summed E-state index contributed by atoms with van der Waals surface area (Å²) < 4.78 is 0. The molecule has 1 heterocycles. The maximum Gasteiger partial charge on any atom is 0.320 e. The van der Waals surface area contributed by atoms with E-state index in [4.69, 9.17) is 0 Å². The molecule has 17 heavy (non-hydrogen) atoms. The van der Waals surface area contributed by atoms with E-state index in [0.29, 0.717) is 13.0 Å². The molecule has 1 fully saturated rings. The molecule has 1 saturated heterocycles. The summed E-state index contributed by atoms with van der Waals surface area (Å²) in [5.74, 6) is -0.792. The van der Waals surface area contributed by atoms with Crippen LogP contribution in [0.3, 0.4) is 0 Å². The Hall–Kier alpha value is -1.10. The van der Waals surface area contributed by atoms with Gasteiger partial charge in [-0.2, -0.15) is 0 Å². The standard InChI is InChI=1S/C12H22N2O3/c1-3-4-5-11(12(16)17)14-7-6-10(8-14)13-9(2)15/h10-11H,3-8H2,1-2H3,(H,13,15)(H,16,17). The van der Waals surface area contributed by atoms with Gasteiger partial charge in [-0.25, -0.2) is 0 Å². The molecule has 1 aliphatic rings. The van der Waals surface area contributed by atoms with Gasteiger partial charge >= 0.3 is 5.97 Å². The first-order chi connectivity index (χ1) is 8.04. The lowest BCUT2D eigenvalue weighted by atomic mass is 10.1. The minimum absolute atomic E-state index is 0.0442. The zero-order chi connectivity index (χ0) is 12.8. The van der Waals surface area contributed by atoms with Gasteiger partial charge in [-0.3, -0.25) is 14.5 Å². The third-order valence-corrected chi connectivity index (χ3v) is 3.18. The summed E-state index contributed by atoms with van der Waals surface area (Å²) in [6.45, 7) is 4.96. The largest absolute Gasteiger partial charge is 0.480 e. The first-order valence-corrected chi connectivity index (χ1v) is 6.28. The number of unbranched alkanes of at least 4 members (excludes halogenated alkanes) is 1. The number of likely N-dealkylation sites (tertiary alicyclic amines) is 1. The van der Waals surface area contributed by atoms with Crippen LogP contribution >= 0.6 is 0 Å². The highest BCUT2D eigenvalue weighted by atomic mass is 16.4. The molecule has 1 amide bonds. The minimum Gasteiger partial charge on any atom is -0.480 e. The summed E-state index contributed by atoms with van der Waals surface area (Å²) in [5, 5.41) is 12.0. The molecule has 0 radical (unpaired) electrons. The second kappa shape index (κ2) is 6.59. The normalized spacial score (nSPS) is 22.4. The van der Waals surface area contributed by atoms with Gasteiger partial charge in [0, 0.05) is 26.1 Å². The van der Waals surface area contributed by atoms with Gasteiger partial charge in [0.05, 0.1) is 0 Å². The number of aliphatic carboxylic acids is 1. The lowest BCUT2D eigenvalue weighted by molar-refractivity contribution is -0.143. The van der Waals surface area contributed by atoms with Crippen LogP contribution in [0.2, 0.25) is 0 Å². The minimum atomic E-state index is -0.748. The molecule has 0 aromatic rings. The van der Waals surface area contributed by atoms with Crippen molar-refractivity contribution in [3.8, 4) is 0 Å². The van der Waals surface area contributed by atoms with Crippen molar-refractivity contribution in [3.05, 3.63) is 0 Å². The Balaban J connectivity index is 2.47. The number of hydrogen-bond acceptors (Lipinski definition) is 3. The number of carbonyl (C=O) groups excluding carboxylic acids is 1. The maximum atomic E-state index is 11.2. The first kappa shape index (κ1) is 14.0. The van der Waals surface area contributed by atoms with Crippen molar-refractivity contribution in [1.29, 1.82) is 0 Å². The van der Waals surface area contributed by atoms with Gasteiger partial charge in [-0.15, -0.1) is 0 Å². The summed E-state index contributed by atoms with van der Waals surface area (Å²) >= 11 is 0. The molecule has 1 aliphatic heterocycles. The average Bonchev–Trinajstić information content (AvgIpc) is 2.65. The highest BCUT2D eigenvalue weighted by Crippen LogP contribution is 2.17. The Morgan fingerprint density at radius 1 is 1.53 bits per heavy atom. The van der Waals surface area contributed by atoms with E-state index >= 15 is 0 Å². The Kier molecular flexibility index (Phi) is 5.41. The molecule has 2 atom stereocenters. The van der Waals surface area contributed by atoms with Gasteiger partial charge in [0.25, 0.3) is 0 Å². The van der Waals surface area contributed by atoms with Gasteiger partial charge in [0.2, 0.25) is 5.91 Å². The lowest BCUT2D eigenvalue weighted by Gasteiger charge is -2.24. The highest BCUT2D eigenvalue weighted by Gasteiger charge is 2.32. The lowest BCUT2D eigenvalue weighted by Crippen LogP contribution is -2.42. The number of nitrogens with one attached hydrogen (secondary N) is 1. The van der Waals surface area contributed by atoms with Crippen LogP contribution in [0, 0.1) is 0 Å². The molecule has 0 aliphatic carbocycles. The van der Waals surface area contributed by atoms with Crippen molar-refractivity contribution in [3.63, 3.8) is 0 Å². The molecule has 5 nitrogen and oxygen atoms in total. The van der Waals surface area contributed by atoms with Crippen LogP contribution in [0.4, 0.5) is 0 Å². The predicted octanol–water partition coefficient (Wildman–Crippen LogP) is 0.840. The Morgan fingerprint density at radius 2 is 2.24 bits per heavy atom. The molecule has 0 spiro atoms. The molecule has 5 heteroatoms. The summed E-state index contributed by atoms with van der Waals surface area (Å²) in [6, 6.07) is -0.287. The van der Waals surface area contributed by atoms with Crippen LogP contribution in [0.1, 0.15) is 39.5 Å². The van der Waals surface area contributed by atoms with E-state index < -0.39 is 12.0 Å². The van der Waals surface area contributed by atoms with Crippen molar-refractivity contribution >= 4 is 11.9 Å². The molecule has 0 aromatic heterocycles. The van der Waals surface area contributed by atoms with Gasteiger partial charge in [0.15, 0.2) is 0 Å². The quantitative estimate of drug-likeness (QED) is 0.724. The Morgan fingerprint density at radius 3 is 2.76 bits per heavy atom. The molecule has 0 aromatic carbocycles. The summed E-state index contributed by atoms with van der Waals surface area (Å²) in [7, 11) is 0. The van der Waals surface area contributed by atoms with E-state index in [9.17, 15) is 14.7 Å². The van der Waals surface area contributed by atoms with Gasteiger partial charge < -0.3 is 10.4 Å². The second-order valence-electron chi connectivity index (χ2n) is 4.68. The van der Waals surface area contributed by atoms with E-state index in [0.717, 1.165) is 25.8 Å². The smallest absolute Gasteiger partial charge is 0.320 e. The van der Waals surface area contributed by atoms with Gasteiger partial charge in [0.1, 0.15) is 6.04 Å². The highest BCUT2D eigenvalue weighted by molar-refractivity contribution is 5.74. The number of carboxylic acids is 1. The molecule has 2 unspecified atom stereocenters. The molecule has 98 valence electrons. The van der Waals surface area contributed by atoms with Crippen LogP contribution in [0.5, 0.6) is 0 Å². The molecule has 0 bridgehead atoms. The number of carbonyl (C=O) groups is 2. The van der Waals surface area contributed by atoms with E-state index in [2.05, 4.69) is 12.2 Å². The molecular weight excluding hydrogens is 220 g/mol. The fraction of sp³-hybridized carbons (Fsp3) is 0.833. The number of nitrogens with zero attached hydrogens (tertiary/aromatic N) is 1. The monoisotopic (exact) mass is 242 g/mol. The van der Waals surface area contributed by atoms with Crippen LogP contribution in [-0.2, 0) is 9.59 Å². The first-order valence-electron chi connectivity index (χ1n) is 6.28. The molecular formula is C12H22N2O3. The topological polar surface area (TPSA) is 69.6 Å². The zero-order valence-corrected chi connectivity index (χ0v) is 10.6. The van der Waals surface area contributed by atoms with Crippen molar-refractivity contribution in [2.45, 2.75) is 51.6 Å². The van der Waals surface area contributed by atoms with Crippen molar-refractivity contribution in [1.82, 2.24) is 10.2 Å². The fourth-order valence-corrected chi connectivity index (χ4v) is 2.34. The number of rotatable bonds is 6. The maximum absolute atomic E-state index is 11.2. The van der Waals surface area contributed by atoms with Crippen molar-refractivity contribution in [2.24, 2.45) is 0 Å². The van der Waals surface area contributed by atoms with E-state index in [1.165, 1.54) is 6.92 Å². The summed E-state index contributed by atoms with van der Waals surface area (Å²) in [6.07, 6.45) is 3.47. The molecule has 2 N–H and O–H groups in total. The van der Waals surface area contributed by atoms with Gasteiger partial charge in [-0.1, -0.05) is 19.8 Å². The van der Waals surface area contributed by atoms with Crippen molar-refractivity contribution < 1.29 is 14.7 Å². The molecule has 0 saturated carbocycles. The second-order valence-corrected chi connectivity index (χ2v) is 4.68. The number of hydrogen-bond donors (Lipinski definition) is 2. The van der Waals surface area contributed by atoms with E-state index in [-0.39, 0.29) is 11.9 Å². The Labute approximate surface area is 102 Å². The molecule has 1 rings (SSSR count). The van der Waals surface area contributed by atoms with Crippen LogP contribution < -0.4 is 5.32 Å². The Bertz CT molecular complexity index is 281. The zero-order valence-electron chi connectivity index (χ0n) is 10.6. The van der Waals surface area contributed by atoms with Gasteiger partial charge in [-0.05, 0) is 12.8 Å². The summed E-state index contributed by atoms with van der Waals surface area (Å²) in [4.78, 5) is 24.1. The summed E-state index contributed by atoms with van der Waals surface area (Å²) in [5.41, 5.74) is 0.